The molecule has 0 atom stereocenters. The minimum atomic E-state index is -0.941. The molecule has 6 nitrogen and oxygen atoms in total. The van der Waals surface area contributed by atoms with E-state index in [2.05, 4.69) is 5.32 Å². The van der Waals surface area contributed by atoms with Crippen molar-refractivity contribution in [2.75, 3.05) is 4.90 Å². The Hall–Kier alpha value is -3.42. The summed E-state index contributed by atoms with van der Waals surface area (Å²) in [5, 5.41) is 2.95. The Kier molecular flexibility index (Phi) is 5.62. The number of carbonyl (C=O) groups is 3. The van der Waals surface area contributed by atoms with E-state index >= 15 is 0 Å². The summed E-state index contributed by atoms with van der Waals surface area (Å²) in [4.78, 5) is 38.5. The minimum absolute atomic E-state index is 0.0205. The number of imide groups is 2. The third kappa shape index (κ3) is 3.81. The summed E-state index contributed by atoms with van der Waals surface area (Å²) in [7, 11) is 0. The van der Waals surface area contributed by atoms with E-state index in [1.807, 2.05) is 18.4 Å². The monoisotopic (exact) mass is 471 g/mol. The summed E-state index contributed by atoms with van der Waals surface area (Å²) in [5.74, 6) is -2.29. The molecule has 1 N–H and O–H groups in total. The lowest BCUT2D eigenvalue weighted by molar-refractivity contribution is -0.122. The van der Waals surface area contributed by atoms with E-state index in [-0.39, 0.29) is 11.3 Å². The Labute approximate surface area is 192 Å². The van der Waals surface area contributed by atoms with Crippen molar-refractivity contribution in [2.24, 2.45) is 0 Å². The van der Waals surface area contributed by atoms with Crippen LogP contribution >= 0.6 is 23.2 Å². The van der Waals surface area contributed by atoms with Crippen molar-refractivity contribution in [1.29, 1.82) is 0 Å². The van der Waals surface area contributed by atoms with Gasteiger partial charge in [-0.05, 0) is 68.0 Å². The predicted octanol–water partition coefficient (Wildman–Crippen LogP) is 5.21. The Balaban J connectivity index is 1.77. The van der Waals surface area contributed by atoms with E-state index in [0.717, 1.165) is 28.0 Å². The molecule has 1 fully saturated rings. The molecule has 162 valence electrons. The molecule has 0 unspecified atom stereocenters. The van der Waals surface area contributed by atoms with E-state index in [9.17, 15) is 18.8 Å². The number of amides is 4. The van der Waals surface area contributed by atoms with Crippen LogP contribution < -0.4 is 10.2 Å². The molecule has 0 bridgehead atoms. The molecule has 1 aliphatic heterocycles. The zero-order valence-corrected chi connectivity index (χ0v) is 18.5. The van der Waals surface area contributed by atoms with Gasteiger partial charge in [-0.2, -0.15) is 0 Å². The van der Waals surface area contributed by atoms with Gasteiger partial charge in [0.05, 0.1) is 15.7 Å². The van der Waals surface area contributed by atoms with Gasteiger partial charge in [0.2, 0.25) is 0 Å². The van der Waals surface area contributed by atoms with Crippen molar-refractivity contribution in [3.05, 3.63) is 86.9 Å². The van der Waals surface area contributed by atoms with Gasteiger partial charge >= 0.3 is 6.03 Å². The van der Waals surface area contributed by atoms with Gasteiger partial charge in [-0.25, -0.2) is 14.1 Å². The van der Waals surface area contributed by atoms with Gasteiger partial charge in [0.15, 0.2) is 0 Å². The number of barbiturate groups is 1. The van der Waals surface area contributed by atoms with Gasteiger partial charge in [-0.15, -0.1) is 0 Å². The molecule has 1 saturated heterocycles. The lowest BCUT2D eigenvalue weighted by atomic mass is 10.1. The molecule has 0 aliphatic carbocycles. The van der Waals surface area contributed by atoms with Crippen molar-refractivity contribution in [1.82, 2.24) is 9.88 Å². The molecule has 0 saturated carbocycles. The molecule has 9 heteroatoms. The number of anilines is 1. The second-order valence-electron chi connectivity index (χ2n) is 7.20. The van der Waals surface area contributed by atoms with Crippen LogP contribution in [0.4, 0.5) is 14.9 Å². The third-order valence-electron chi connectivity index (χ3n) is 5.10. The van der Waals surface area contributed by atoms with E-state index in [1.54, 1.807) is 24.3 Å². The number of nitrogens with one attached hydrogen (secondary N) is 1. The molecule has 3 aromatic rings. The maximum absolute atomic E-state index is 13.6. The summed E-state index contributed by atoms with van der Waals surface area (Å²) in [6.07, 6.45) is 1.41. The van der Waals surface area contributed by atoms with Crippen LogP contribution in [0.3, 0.4) is 0 Å². The van der Waals surface area contributed by atoms with E-state index in [4.69, 9.17) is 23.2 Å². The number of halogens is 3. The zero-order valence-electron chi connectivity index (χ0n) is 16.9. The summed E-state index contributed by atoms with van der Waals surface area (Å²) in [6.45, 7) is 3.69. The summed E-state index contributed by atoms with van der Waals surface area (Å²) in [5.41, 5.74) is 2.70. The van der Waals surface area contributed by atoms with E-state index in [1.165, 1.54) is 24.3 Å². The molecule has 4 amide bonds. The van der Waals surface area contributed by atoms with Crippen molar-refractivity contribution in [2.45, 2.75) is 13.8 Å². The van der Waals surface area contributed by atoms with Crippen LogP contribution in [0.25, 0.3) is 11.8 Å². The zero-order chi connectivity index (χ0) is 23.2. The Morgan fingerprint density at radius 2 is 1.69 bits per heavy atom. The normalized spacial score (nSPS) is 15.5. The van der Waals surface area contributed by atoms with Crippen LogP contribution in [0.15, 0.2) is 54.1 Å². The first-order valence-corrected chi connectivity index (χ1v) is 10.2. The Morgan fingerprint density at radius 1 is 0.938 bits per heavy atom. The summed E-state index contributed by atoms with van der Waals surface area (Å²) >= 11 is 12.2. The van der Waals surface area contributed by atoms with Crippen molar-refractivity contribution >= 4 is 52.8 Å². The highest BCUT2D eigenvalue weighted by Gasteiger charge is 2.37. The van der Waals surface area contributed by atoms with Gasteiger partial charge in [-0.3, -0.25) is 14.9 Å². The van der Waals surface area contributed by atoms with Crippen LogP contribution in [0.5, 0.6) is 0 Å². The average molecular weight is 472 g/mol. The second kappa shape index (κ2) is 8.26. The van der Waals surface area contributed by atoms with E-state index in [0.29, 0.717) is 15.6 Å². The molecule has 1 aliphatic rings. The fraction of sp³-hybridized carbons (Fsp3) is 0.0870. The highest BCUT2D eigenvalue weighted by atomic mass is 35.5. The maximum Gasteiger partial charge on any atom is 0.335 e. The molecule has 1 aromatic heterocycles. The molecular weight excluding hydrogens is 456 g/mol. The predicted molar refractivity (Wildman–Crippen MR) is 121 cm³/mol. The van der Waals surface area contributed by atoms with Crippen molar-refractivity contribution in [3.63, 3.8) is 0 Å². The van der Waals surface area contributed by atoms with Crippen LogP contribution in [-0.4, -0.2) is 22.4 Å². The SMILES string of the molecule is Cc1cc(/C=C2/C(=O)NC(=O)N(c3cccc(F)c3)C2=O)c(C)n1-c1ccc(Cl)c(Cl)c1. The van der Waals surface area contributed by atoms with Gasteiger partial charge in [0.1, 0.15) is 11.4 Å². The number of urea groups is 1. The largest absolute Gasteiger partial charge is 0.335 e. The summed E-state index contributed by atoms with van der Waals surface area (Å²) in [6, 6.07) is 11.1. The number of aryl methyl sites for hydroxylation is 1. The number of hydrogen-bond acceptors (Lipinski definition) is 3. The van der Waals surface area contributed by atoms with Crippen LogP contribution in [0.1, 0.15) is 17.0 Å². The van der Waals surface area contributed by atoms with Crippen LogP contribution in [0, 0.1) is 19.7 Å². The quantitative estimate of drug-likeness (QED) is 0.421. The van der Waals surface area contributed by atoms with Crippen molar-refractivity contribution < 1.29 is 18.8 Å². The average Bonchev–Trinajstić information content (AvgIpc) is 3.00. The molecule has 0 spiro atoms. The standard InChI is InChI=1S/C23H16Cl2FN3O3/c1-12-8-14(13(2)28(12)17-6-7-19(24)20(25)11-17)9-18-21(30)27-23(32)29(22(18)31)16-5-3-4-15(26)10-16/h3-11H,1-2H3,(H,27,30,32)/b18-9-. The first kappa shape index (κ1) is 21.8. The number of hydrogen-bond donors (Lipinski definition) is 1. The number of nitrogens with zero attached hydrogens (tertiary/aromatic N) is 2. The number of benzene rings is 2. The molecular formula is C23H16Cl2FN3O3. The Bertz CT molecular complexity index is 1330. The topological polar surface area (TPSA) is 71.4 Å². The van der Waals surface area contributed by atoms with Gasteiger partial charge in [-0.1, -0.05) is 29.3 Å². The van der Waals surface area contributed by atoms with Crippen molar-refractivity contribution in [3.8, 4) is 5.69 Å². The third-order valence-corrected chi connectivity index (χ3v) is 5.84. The highest BCUT2D eigenvalue weighted by molar-refractivity contribution is 6.42. The molecule has 0 radical (unpaired) electrons. The minimum Gasteiger partial charge on any atom is -0.318 e. The number of rotatable bonds is 3. The number of carbonyl (C=O) groups excluding carboxylic acids is 3. The first-order valence-electron chi connectivity index (χ1n) is 9.49. The summed E-state index contributed by atoms with van der Waals surface area (Å²) < 4.78 is 15.5. The second-order valence-corrected chi connectivity index (χ2v) is 8.01. The lowest BCUT2D eigenvalue weighted by Gasteiger charge is -2.26. The molecule has 2 aromatic carbocycles. The number of aromatic nitrogens is 1. The smallest absolute Gasteiger partial charge is 0.318 e. The van der Waals surface area contributed by atoms with Gasteiger partial charge < -0.3 is 4.57 Å². The fourth-order valence-corrected chi connectivity index (χ4v) is 3.91. The molecule has 32 heavy (non-hydrogen) atoms. The molecule has 2 heterocycles. The highest BCUT2D eigenvalue weighted by Crippen LogP contribution is 2.29. The fourth-order valence-electron chi connectivity index (χ4n) is 3.62. The van der Waals surface area contributed by atoms with Crippen LogP contribution in [0.2, 0.25) is 10.0 Å². The van der Waals surface area contributed by atoms with Crippen LogP contribution in [-0.2, 0) is 9.59 Å². The van der Waals surface area contributed by atoms with E-state index < -0.39 is 23.7 Å². The lowest BCUT2D eigenvalue weighted by Crippen LogP contribution is -2.54. The first-order chi connectivity index (χ1) is 15.2. The maximum atomic E-state index is 13.6. The Morgan fingerprint density at radius 3 is 2.38 bits per heavy atom. The van der Waals surface area contributed by atoms with Gasteiger partial charge in [0.25, 0.3) is 11.8 Å². The molecule has 4 rings (SSSR count). The van der Waals surface area contributed by atoms with Gasteiger partial charge in [0, 0.05) is 17.1 Å².